The second-order valence-corrected chi connectivity index (χ2v) is 6.09. The summed E-state index contributed by atoms with van der Waals surface area (Å²) in [6.45, 7) is 2.04. The van der Waals surface area contributed by atoms with Gasteiger partial charge in [0.05, 0.1) is 18.9 Å². The van der Waals surface area contributed by atoms with Gasteiger partial charge in [-0.25, -0.2) is 0 Å². The van der Waals surface area contributed by atoms with E-state index in [0.29, 0.717) is 6.04 Å². The Morgan fingerprint density at radius 2 is 1.95 bits per heavy atom. The monoisotopic (exact) mass is 320 g/mol. The fourth-order valence-corrected chi connectivity index (χ4v) is 3.08. The van der Waals surface area contributed by atoms with Crippen LogP contribution in [0, 0.1) is 0 Å². The molecule has 0 radical (unpaired) electrons. The average molecular weight is 321 g/mol. The number of anilines is 1. The van der Waals surface area contributed by atoms with Crippen molar-refractivity contribution in [1.29, 1.82) is 0 Å². The average Bonchev–Trinajstić information content (AvgIpc) is 3.08. The quantitative estimate of drug-likeness (QED) is 0.888. The third-order valence-electron chi connectivity index (χ3n) is 4.19. The summed E-state index contributed by atoms with van der Waals surface area (Å²) in [5.41, 5.74) is 1.22. The van der Waals surface area contributed by atoms with Crippen molar-refractivity contribution in [1.82, 2.24) is 5.32 Å². The van der Waals surface area contributed by atoms with Crippen molar-refractivity contribution in [3.8, 4) is 0 Å². The zero-order valence-corrected chi connectivity index (χ0v) is 13.2. The summed E-state index contributed by atoms with van der Waals surface area (Å²) in [7, 11) is 0. The fourth-order valence-electron chi connectivity index (χ4n) is 2.96. The van der Waals surface area contributed by atoms with E-state index in [0.717, 1.165) is 36.7 Å². The van der Waals surface area contributed by atoms with Crippen molar-refractivity contribution < 1.29 is 9.52 Å². The van der Waals surface area contributed by atoms with Crippen LogP contribution in [-0.2, 0) is 0 Å². The van der Waals surface area contributed by atoms with Gasteiger partial charge in [0.2, 0.25) is 0 Å². The molecular formula is C17H21ClN2O2. The van der Waals surface area contributed by atoms with Crippen LogP contribution in [0.15, 0.2) is 47.1 Å². The highest BCUT2D eigenvalue weighted by Crippen LogP contribution is 2.23. The second-order valence-electron chi connectivity index (χ2n) is 5.65. The van der Waals surface area contributed by atoms with Crippen molar-refractivity contribution >= 4 is 17.3 Å². The van der Waals surface area contributed by atoms with Gasteiger partial charge in [-0.05, 0) is 49.2 Å². The lowest BCUT2D eigenvalue weighted by molar-refractivity contribution is 0.207. The molecule has 1 aromatic heterocycles. The first-order chi connectivity index (χ1) is 10.8. The molecule has 5 heteroatoms. The van der Waals surface area contributed by atoms with Crippen molar-refractivity contribution in [2.75, 3.05) is 24.6 Å². The molecular weight excluding hydrogens is 300 g/mol. The Morgan fingerprint density at radius 1 is 1.23 bits per heavy atom. The van der Waals surface area contributed by atoms with E-state index in [4.69, 9.17) is 16.0 Å². The third-order valence-corrected chi connectivity index (χ3v) is 4.44. The lowest BCUT2D eigenvalue weighted by Gasteiger charge is -2.35. The van der Waals surface area contributed by atoms with Crippen LogP contribution in [0.3, 0.4) is 0 Å². The van der Waals surface area contributed by atoms with E-state index < -0.39 is 0 Å². The number of aliphatic hydroxyl groups excluding tert-OH is 1. The molecule has 0 aliphatic carbocycles. The first-order valence-corrected chi connectivity index (χ1v) is 8.05. The second kappa shape index (κ2) is 7.18. The Bertz CT molecular complexity index is 563. The molecule has 0 saturated carbocycles. The molecule has 22 heavy (non-hydrogen) atoms. The third kappa shape index (κ3) is 3.64. The molecule has 2 heterocycles. The molecule has 0 spiro atoms. The van der Waals surface area contributed by atoms with E-state index in [1.807, 2.05) is 24.3 Å². The van der Waals surface area contributed by atoms with Gasteiger partial charge in [0.1, 0.15) is 5.76 Å². The summed E-state index contributed by atoms with van der Waals surface area (Å²) in [5, 5.41) is 13.8. The summed E-state index contributed by atoms with van der Waals surface area (Å²) in [4.78, 5) is 2.37. The molecule has 2 aromatic rings. The number of nitrogens with one attached hydrogen (secondary N) is 1. The topological polar surface area (TPSA) is 48.6 Å². The molecule has 0 bridgehead atoms. The summed E-state index contributed by atoms with van der Waals surface area (Å²) in [6.07, 6.45) is 3.72. The molecule has 1 fully saturated rings. The van der Waals surface area contributed by atoms with Crippen molar-refractivity contribution in [2.24, 2.45) is 0 Å². The summed E-state index contributed by atoms with van der Waals surface area (Å²) in [5.74, 6) is 0.794. The van der Waals surface area contributed by atoms with Crippen LogP contribution in [0.1, 0.15) is 24.6 Å². The Balaban J connectivity index is 1.54. The smallest absolute Gasteiger partial charge is 0.123 e. The van der Waals surface area contributed by atoms with E-state index in [9.17, 15) is 5.11 Å². The molecule has 3 rings (SSSR count). The molecule has 1 aliphatic rings. The molecule has 1 aromatic carbocycles. The number of hydrogen-bond acceptors (Lipinski definition) is 4. The van der Waals surface area contributed by atoms with E-state index in [1.54, 1.807) is 6.26 Å². The molecule has 1 aliphatic heterocycles. The number of benzene rings is 1. The number of halogens is 1. The van der Waals surface area contributed by atoms with Gasteiger partial charge in [0.15, 0.2) is 0 Å². The molecule has 118 valence electrons. The van der Waals surface area contributed by atoms with Crippen LogP contribution in [0.25, 0.3) is 0 Å². The Hall–Kier alpha value is -1.49. The van der Waals surface area contributed by atoms with Crippen LogP contribution in [0.4, 0.5) is 5.69 Å². The number of nitrogens with zero attached hydrogens (tertiary/aromatic N) is 1. The largest absolute Gasteiger partial charge is 0.468 e. The zero-order valence-electron chi connectivity index (χ0n) is 12.4. The van der Waals surface area contributed by atoms with Gasteiger partial charge in [0, 0.05) is 29.8 Å². The van der Waals surface area contributed by atoms with Gasteiger partial charge in [-0.2, -0.15) is 0 Å². The van der Waals surface area contributed by atoms with Gasteiger partial charge in [-0.15, -0.1) is 0 Å². The van der Waals surface area contributed by atoms with Gasteiger partial charge in [0.25, 0.3) is 0 Å². The highest BCUT2D eigenvalue weighted by atomic mass is 35.5. The SMILES string of the molecule is OCC(NC1CCN(c2ccc(Cl)cc2)CC1)c1ccco1. The number of hydrogen-bond donors (Lipinski definition) is 2. The first kappa shape index (κ1) is 15.4. The Kier molecular flexibility index (Phi) is 5.03. The molecule has 2 N–H and O–H groups in total. The predicted molar refractivity (Wildman–Crippen MR) is 88.4 cm³/mol. The minimum Gasteiger partial charge on any atom is -0.468 e. The number of rotatable bonds is 5. The van der Waals surface area contributed by atoms with Crippen LogP contribution in [0.2, 0.25) is 5.02 Å². The Labute approximate surface area is 135 Å². The number of furan rings is 1. The maximum Gasteiger partial charge on any atom is 0.123 e. The van der Waals surface area contributed by atoms with Crippen molar-refractivity contribution in [3.63, 3.8) is 0 Å². The van der Waals surface area contributed by atoms with Gasteiger partial charge >= 0.3 is 0 Å². The number of piperidine rings is 1. The minimum absolute atomic E-state index is 0.0465. The van der Waals surface area contributed by atoms with E-state index in [2.05, 4.69) is 22.3 Å². The maximum atomic E-state index is 9.54. The molecule has 0 amide bonds. The first-order valence-electron chi connectivity index (χ1n) is 7.67. The van der Waals surface area contributed by atoms with Gasteiger partial charge < -0.3 is 19.7 Å². The maximum absolute atomic E-state index is 9.54. The lowest BCUT2D eigenvalue weighted by atomic mass is 10.0. The molecule has 4 nitrogen and oxygen atoms in total. The van der Waals surface area contributed by atoms with Crippen LogP contribution >= 0.6 is 11.6 Å². The highest BCUT2D eigenvalue weighted by molar-refractivity contribution is 6.30. The van der Waals surface area contributed by atoms with Crippen LogP contribution < -0.4 is 10.2 Å². The van der Waals surface area contributed by atoms with E-state index in [-0.39, 0.29) is 12.6 Å². The lowest BCUT2D eigenvalue weighted by Crippen LogP contribution is -2.44. The van der Waals surface area contributed by atoms with Crippen molar-refractivity contribution in [2.45, 2.75) is 24.9 Å². The predicted octanol–water partition coefficient (Wildman–Crippen LogP) is 3.23. The van der Waals surface area contributed by atoms with Crippen LogP contribution in [0.5, 0.6) is 0 Å². The standard InChI is InChI=1S/C17H21ClN2O2/c18-13-3-5-15(6-4-13)20-9-7-14(8-10-20)19-16(12-21)17-2-1-11-22-17/h1-6,11,14,16,19,21H,7-10,12H2. The fraction of sp³-hybridized carbons (Fsp3) is 0.412. The van der Waals surface area contributed by atoms with E-state index in [1.165, 1.54) is 5.69 Å². The summed E-state index contributed by atoms with van der Waals surface area (Å²) < 4.78 is 5.38. The molecule has 1 atom stereocenters. The molecule has 1 unspecified atom stereocenters. The Morgan fingerprint density at radius 3 is 2.55 bits per heavy atom. The number of aliphatic hydroxyl groups is 1. The van der Waals surface area contributed by atoms with E-state index >= 15 is 0 Å². The van der Waals surface area contributed by atoms with Crippen molar-refractivity contribution in [3.05, 3.63) is 53.4 Å². The molecule has 1 saturated heterocycles. The normalized spacial score (nSPS) is 17.6. The summed E-state index contributed by atoms with van der Waals surface area (Å²) >= 11 is 5.93. The minimum atomic E-state index is -0.123. The summed E-state index contributed by atoms with van der Waals surface area (Å²) in [6, 6.07) is 12.0. The van der Waals surface area contributed by atoms with Gasteiger partial charge in [-0.3, -0.25) is 0 Å². The van der Waals surface area contributed by atoms with Crippen LogP contribution in [-0.4, -0.2) is 30.8 Å². The van der Waals surface area contributed by atoms with Gasteiger partial charge in [-0.1, -0.05) is 11.6 Å². The highest BCUT2D eigenvalue weighted by Gasteiger charge is 2.23. The zero-order chi connectivity index (χ0) is 15.4.